The summed E-state index contributed by atoms with van der Waals surface area (Å²) in [5.74, 6) is 0.908. The summed E-state index contributed by atoms with van der Waals surface area (Å²) in [5.41, 5.74) is 1.13. The van der Waals surface area contributed by atoms with E-state index in [1.54, 1.807) is 12.1 Å². The second-order valence-corrected chi connectivity index (χ2v) is 7.38. The number of anilines is 1. The van der Waals surface area contributed by atoms with E-state index in [1.165, 1.54) is 25.1 Å². The highest BCUT2D eigenvalue weighted by Gasteiger charge is 2.11. The summed E-state index contributed by atoms with van der Waals surface area (Å²) in [6, 6.07) is 10.9. The van der Waals surface area contributed by atoms with Gasteiger partial charge in [-0.25, -0.2) is 4.98 Å². The van der Waals surface area contributed by atoms with Gasteiger partial charge >= 0.3 is 0 Å². The molecular formula is C20H20IN3O4. The van der Waals surface area contributed by atoms with Crippen molar-refractivity contribution < 1.29 is 14.3 Å². The summed E-state index contributed by atoms with van der Waals surface area (Å²) >= 11 is 2.20. The number of benzene rings is 2. The lowest BCUT2D eigenvalue weighted by atomic mass is 10.2. The molecular weight excluding hydrogens is 473 g/mol. The lowest BCUT2D eigenvalue weighted by Crippen LogP contribution is -2.22. The molecule has 146 valence electrons. The Morgan fingerprint density at radius 1 is 1.18 bits per heavy atom. The Balaban J connectivity index is 1.68. The molecule has 0 aliphatic carbocycles. The van der Waals surface area contributed by atoms with Gasteiger partial charge in [-0.3, -0.25) is 14.2 Å². The molecule has 0 atom stereocenters. The van der Waals surface area contributed by atoms with Gasteiger partial charge in [0.15, 0.2) is 11.5 Å². The van der Waals surface area contributed by atoms with E-state index in [0.717, 1.165) is 9.26 Å². The zero-order valence-electron chi connectivity index (χ0n) is 15.6. The maximum Gasteiger partial charge on any atom is 0.261 e. The zero-order valence-corrected chi connectivity index (χ0v) is 17.7. The third-order valence-electron chi connectivity index (χ3n) is 4.24. The van der Waals surface area contributed by atoms with Crippen molar-refractivity contribution in [1.29, 1.82) is 0 Å². The molecule has 1 aromatic heterocycles. The number of amides is 1. The SMILES string of the molecule is COc1cc2ncn(CCCC(=O)Nc3cccc(I)c3)c(=O)c2cc1OC. The van der Waals surface area contributed by atoms with Gasteiger partial charge in [0, 0.05) is 28.3 Å². The Hall–Kier alpha value is -2.62. The van der Waals surface area contributed by atoms with Crippen LogP contribution in [0.25, 0.3) is 10.9 Å². The summed E-state index contributed by atoms with van der Waals surface area (Å²) in [6.45, 7) is 0.399. The molecule has 0 radical (unpaired) electrons. The van der Waals surface area contributed by atoms with Gasteiger partial charge in [0.25, 0.3) is 5.56 Å². The predicted molar refractivity (Wildman–Crippen MR) is 116 cm³/mol. The van der Waals surface area contributed by atoms with Crippen LogP contribution in [-0.2, 0) is 11.3 Å². The van der Waals surface area contributed by atoms with Crippen molar-refractivity contribution in [2.75, 3.05) is 19.5 Å². The summed E-state index contributed by atoms with van der Waals surface area (Å²) in [7, 11) is 3.05. The van der Waals surface area contributed by atoms with Crippen LogP contribution in [0.15, 0.2) is 47.5 Å². The first-order chi connectivity index (χ1) is 13.5. The second kappa shape index (κ2) is 9.05. The van der Waals surface area contributed by atoms with Gasteiger partial charge in [0.2, 0.25) is 5.91 Å². The van der Waals surface area contributed by atoms with E-state index >= 15 is 0 Å². The second-order valence-electron chi connectivity index (χ2n) is 6.13. The van der Waals surface area contributed by atoms with E-state index in [0.29, 0.717) is 41.8 Å². The van der Waals surface area contributed by atoms with E-state index in [1.807, 2.05) is 24.3 Å². The number of halogens is 1. The number of methoxy groups -OCH3 is 2. The lowest BCUT2D eigenvalue weighted by molar-refractivity contribution is -0.116. The van der Waals surface area contributed by atoms with E-state index in [2.05, 4.69) is 32.9 Å². The molecule has 0 aliphatic rings. The molecule has 0 spiro atoms. The van der Waals surface area contributed by atoms with E-state index in [4.69, 9.17) is 9.47 Å². The van der Waals surface area contributed by atoms with Crippen molar-refractivity contribution in [1.82, 2.24) is 9.55 Å². The predicted octanol–water partition coefficient (Wildman–Crippen LogP) is 3.44. The maximum absolute atomic E-state index is 12.7. The normalized spacial score (nSPS) is 10.7. The average Bonchev–Trinajstić information content (AvgIpc) is 2.69. The summed E-state index contributed by atoms with van der Waals surface area (Å²) in [4.78, 5) is 29.2. The number of aromatic nitrogens is 2. The number of ether oxygens (including phenoxy) is 2. The molecule has 0 aliphatic heterocycles. The van der Waals surface area contributed by atoms with Crippen LogP contribution in [0, 0.1) is 3.57 Å². The molecule has 0 saturated heterocycles. The molecule has 0 bridgehead atoms. The van der Waals surface area contributed by atoms with Crippen LogP contribution >= 0.6 is 22.6 Å². The zero-order chi connectivity index (χ0) is 20.1. The molecule has 28 heavy (non-hydrogen) atoms. The van der Waals surface area contributed by atoms with Crippen LogP contribution in [0.5, 0.6) is 11.5 Å². The molecule has 3 rings (SSSR count). The minimum absolute atomic E-state index is 0.0878. The number of nitrogens with zero attached hydrogens (tertiary/aromatic N) is 2. The van der Waals surface area contributed by atoms with Gasteiger partial charge in [-0.2, -0.15) is 0 Å². The quantitative estimate of drug-likeness (QED) is 0.511. The number of hydrogen-bond acceptors (Lipinski definition) is 5. The number of nitrogens with one attached hydrogen (secondary N) is 1. The largest absolute Gasteiger partial charge is 0.493 e. The number of aryl methyl sites for hydroxylation is 1. The molecule has 7 nitrogen and oxygen atoms in total. The number of carbonyl (C=O) groups excluding carboxylic acids is 1. The lowest BCUT2D eigenvalue weighted by Gasteiger charge is -2.10. The number of rotatable bonds is 7. The van der Waals surface area contributed by atoms with Crippen molar-refractivity contribution in [3.05, 3.63) is 56.6 Å². The van der Waals surface area contributed by atoms with Gasteiger partial charge in [0.1, 0.15) is 0 Å². The van der Waals surface area contributed by atoms with Gasteiger partial charge in [-0.05, 0) is 53.3 Å². The van der Waals surface area contributed by atoms with E-state index in [-0.39, 0.29) is 11.5 Å². The maximum atomic E-state index is 12.7. The topological polar surface area (TPSA) is 82.5 Å². The number of fused-ring (bicyclic) bond motifs is 1. The monoisotopic (exact) mass is 493 g/mol. The molecule has 3 aromatic rings. The Kier molecular flexibility index (Phi) is 6.50. The van der Waals surface area contributed by atoms with Crippen molar-refractivity contribution in [3.8, 4) is 11.5 Å². The van der Waals surface area contributed by atoms with Gasteiger partial charge in [0.05, 0.1) is 31.4 Å². The van der Waals surface area contributed by atoms with Crippen LogP contribution < -0.4 is 20.3 Å². The van der Waals surface area contributed by atoms with Crippen molar-refractivity contribution in [3.63, 3.8) is 0 Å². The first-order valence-corrected chi connectivity index (χ1v) is 9.76. The highest BCUT2D eigenvalue weighted by Crippen LogP contribution is 2.29. The Bertz CT molecular complexity index is 1060. The molecule has 1 N–H and O–H groups in total. The Morgan fingerprint density at radius 2 is 1.93 bits per heavy atom. The average molecular weight is 493 g/mol. The first-order valence-electron chi connectivity index (χ1n) is 8.68. The van der Waals surface area contributed by atoms with Crippen LogP contribution in [0.2, 0.25) is 0 Å². The summed E-state index contributed by atoms with van der Waals surface area (Å²) in [5, 5.41) is 3.31. The third-order valence-corrected chi connectivity index (χ3v) is 4.91. The molecule has 0 saturated carbocycles. The summed E-state index contributed by atoms with van der Waals surface area (Å²) < 4.78 is 13.1. The van der Waals surface area contributed by atoms with Crippen molar-refractivity contribution in [2.45, 2.75) is 19.4 Å². The van der Waals surface area contributed by atoms with Crippen LogP contribution in [0.1, 0.15) is 12.8 Å². The van der Waals surface area contributed by atoms with E-state index < -0.39 is 0 Å². The molecule has 1 amide bonds. The van der Waals surface area contributed by atoms with Crippen LogP contribution in [0.3, 0.4) is 0 Å². The fourth-order valence-electron chi connectivity index (χ4n) is 2.84. The van der Waals surface area contributed by atoms with Gasteiger partial charge in [-0.1, -0.05) is 6.07 Å². The smallest absolute Gasteiger partial charge is 0.261 e. The van der Waals surface area contributed by atoms with Gasteiger partial charge in [-0.15, -0.1) is 0 Å². The molecule has 1 heterocycles. The Morgan fingerprint density at radius 3 is 2.64 bits per heavy atom. The highest BCUT2D eigenvalue weighted by atomic mass is 127. The number of carbonyl (C=O) groups is 1. The minimum atomic E-state index is -0.177. The molecule has 2 aromatic carbocycles. The standard InChI is InChI=1S/C20H20IN3O4/c1-27-17-10-15-16(11-18(17)28-2)22-12-24(20(15)26)8-4-7-19(25)23-14-6-3-5-13(21)9-14/h3,5-6,9-12H,4,7-8H2,1-2H3,(H,23,25). The van der Waals surface area contributed by atoms with Gasteiger partial charge < -0.3 is 14.8 Å². The van der Waals surface area contributed by atoms with Crippen molar-refractivity contribution >= 4 is 45.1 Å². The molecule has 8 heteroatoms. The third kappa shape index (κ3) is 4.61. The molecule has 0 unspecified atom stereocenters. The molecule has 0 fully saturated rings. The first kappa shape index (κ1) is 20.1. The summed E-state index contributed by atoms with van der Waals surface area (Å²) in [6.07, 6.45) is 2.33. The highest BCUT2D eigenvalue weighted by molar-refractivity contribution is 14.1. The minimum Gasteiger partial charge on any atom is -0.493 e. The fraction of sp³-hybridized carbons (Fsp3) is 0.250. The fourth-order valence-corrected chi connectivity index (χ4v) is 3.39. The number of hydrogen-bond donors (Lipinski definition) is 1. The van der Waals surface area contributed by atoms with Crippen LogP contribution in [-0.4, -0.2) is 29.7 Å². The Labute approximate surface area is 175 Å². The van der Waals surface area contributed by atoms with E-state index in [9.17, 15) is 9.59 Å². The van der Waals surface area contributed by atoms with Crippen LogP contribution in [0.4, 0.5) is 5.69 Å². The van der Waals surface area contributed by atoms with Crippen molar-refractivity contribution in [2.24, 2.45) is 0 Å².